The van der Waals surface area contributed by atoms with Crippen LogP contribution in [-0.4, -0.2) is 12.8 Å². The van der Waals surface area contributed by atoms with Crippen molar-refractivity contribution in [2.45, 2.75) is 24.8 Å². The number of hydrogen-bond acceptors (Lipinski definition) is 3. The van der Waals surface area contributed by atoms with Crippen molar-refractivity contribution < 1.29 is 4.74 Å². The Bertz CT molecular complexity index is 866. The van der Waals surface area contributed by atoms with Crippen LogP contribution in [-0.2, 0) is 0 Å². The Kier molecular flexibility index (Phi) is 3.89. The van der Waals surface area contributed by atoms with Crippen molar-refractivity contribution in [2.75, 3.05) is 18.1 Å². The lowest BCUT2D eigenvalue weighted by Gasteiger charge is -2.32. The van der Waals surface area contributed by atoms with Gasteiger partial charge in [0.25, 0.3) is 0 Å². The van der Waals surface area contributed by atoms with E-state index < -0.39 is 0 Å². The van der Waals surface area contributed by atoms with E-state index in [1.165, 1.54) is 38.4 Å². The Labute approximate surface area is 147 Å². The minimum absolute atomic E-state index is 0.0483. The highest BCUT2D eigenvalue weighted by Gasteiger charge is 2.30. The molecule has 0 fully saturated rings. The number of thioether (sulfide) groups is 1. The predicted molar refractivity (Wildman–Crippen MR) is 104 cm³/mol. The summed E-state index contributed by atoms with van der Waals surface area (Å²) in [7, 11) is 0. The first kappa shape index (κ1) is 15.4. The first-order chi connectivity index (χ1) is 11.7. The summed E-state index contributed by atoms with van der Waals surface area (Å²) < 4.78 is 6.40. The number of ether oxygens (including phenoxy) is 1. The van der Waals surface area contributed by atoms with Crippen LogP contribution in [0.1, 0.15) is 31.1 Å². The lowest BCUT2D eigenvalue weighted by atomic mass is 9.84. The van der Waals surface area contributed by atoms with Gasteiger partial charge in [-0.3, -0.25) is 0 Å². The third-order valence-electron chi connectivity index (χ3n) is 4.72. The van der Waals surface area contributed by atoms with Crippen molar-refractivity contribution >= 4 is 23.0 Å². The molecule has 24 heavy (non-hydrogen) atoms. The molecule has 2 aliphatic heterocycles. The fraction of sp³-hybridized carbons (Fsp3) is 0.238. The lowest BCUT2D eigenvalue weighted by Crippen LogP contribution is -2.18. The summed E-state index contributed by atoms with van der Waals surface area (Å²) in [6.45, 7) is 5.13. The second-order valence-corrected chi connectivity index (χ2v) is 6.96. The van der Waals surface area contributed by atoms with Crippen LogP contribution in [0.5, 0.6) is 5.75 Å². The monoisotopic (exact) mass is 335 g/mol. The molecule has 0 radical (unpaired) electrons. The van der Waals surface area contributed by atoms with Gasteiger partial charge in [-0.15, -0.1) is 11.8 Å². The van der Waals surface area contributed by atoms with Crippen LogP contribution >= 0.6 is 11.8 Å². The maximum Gasteiger partial charge on any atom is 0.143 e. The van der Waals surface area contributed by atoms with Gasteiger partial charge >= 0.3 is 0 Å². The van der Waals surface area contributed by atoms with Crippen molar-refractivity contribution in [1.82, 2.24) is 0 Å². The molecule has 3 heteroatoms. The van der Waals surface area contributed by atoms with Gasteiger partial charge in [0.1, 0.15) is 11.9 Å². The molecule has 0 aromatic heterocycles. The Balaban J connectivity index is 2.06. The second-order valence-electron chi connectivity index (χ2n) is 6.12. The molecule has 2 nitrogen and oxygen atoms in total. The van der Waals surface area contributed by atoms with Gasteiger partial charge in [-0.25, -0.2) is 0 Å². The van der Waals surface area contributed by atoms with Gasteiger partial charge < -0.3 is 10.1 Å². The first-order valence-electron chi connectivity index (χ1n) is 8.29. The van der Waals surface area contributed by atoms with Crippen LogP contribution in [0, 0.1) is 0 Å². The molecule has 2 aliphatic rings. The summed E-state index contributed by atoms with van der Waals surface area (Å²) in [5.41, 5.74) is 7.62. The number of anilines is 1. The molecule has 0 aliphatic carbocycles. The number of allylic oxidation sites excluding steroid dienone is 2. The van der Waals surface area contributed by atoms with Gasteiger partial charge in [0.05, 0.1) is 0 Å². The zero-order valence-electron chi connectivity index (χ0n) is 14.2. The molecule has 122 valence electrons. The minimum Gasteiger partial charge on any atom is -0.481 e. The number of hydrogen-bond donors (Lipinski definition) is 1. The lowest BCUT2D eigenvalue weighted by molar-refractivity contribution is 0.250. The third-order valence-corrected chi connectivity index (χ3v) is 5.50. The molecular weight excluding hydrogens is 314 g/mol. The fourth-order valence-electron chi connectivity index (χ4n) is 3.67. The number of benzene rings is 2. The van der Waals surface area contributed by atoms with Gasteiger partial charge in [0.2, 0.25) is 0 Å². The van der Waals surface area contributed by atoms with E-state index in [9.17, 15) is 0 Å². The Morgan fingerprint density at radius 3 is 2.88 bits per heavy atom. The molecular formula is C21H21NOS. The Morgan fingerprint density at radius 2 is 2.08 bits per heavy atom. The van der Waals surface area contributed by atoms with Gasteiger partial charge in [-0.1, -0.05) is 24.3 Å². The smallest absolute Gasteiger partial charge is 0.143 e. The van der Waals surface area contributed by atoms with Crippen molar-refractivity contribution in [3.63, 3.8) is 0 Å². The van der Waals surface area contributed by atoms with Crippen LogP contribution in [0.3, 0.4) is 0 Å². The average molecular weight is 335 g/mol. The van der Waals surface area contributed by atoms with Crippen LogP contribution < -0.4 is 10.1 Å². The van der Waals surface area contributed by atoms with E-state index in [1.54, 1.807) is 11.8 Å². The van der Waals surface area contributed by atoms with Crippen molar-refractivity contribution in [2.24, 2.45) is 0 Å². The van der Waals surface area contributed by atoms with E-state index in [1.807, 2.05) is 6.92 Å². The summed E-state index contributed by atoms with van der Waals surface area (Å²) in [4.78, 5) is 1.26. The molecule has 1 N–H and O–H groups in total. The third kappa shape index (κ3) is 2.27. The van der Waals surface area contributed by atoms with Gasteiger partial charge in [-0.2, -0.15) is 0 Å². The van der Waals surface area contributed by atoms with E-state index >= 15 is 0 Å². The molecule has 2 heterocycles. The average Bonchev–Trinajstić information content (AvgIpc) is 2.61. The highest BCUT2D eigenvalue weighted by atomic mass is 32.2. The maximum absolute atomic E-state index is 6.40. The summed E-state index contributed by atoms with van der Waals surface area (Å²) in [5, 5.41) is 3.50. The van der Waals surface area contributed by atoms with E-state index in [0.29, 0.717) is 0 Å². The zero-order chi connectivity index (χ0) is 16.7. The summed E-state index contributed by atoms with van der Waals surface area (Å²) in [6.07, 6.45) is 8.55. The van der Waals surface area contributed by atoms with E-state index in [0.717, 1.165) is 12.3 Å². The van der Waals surface area contributed by atoms with E-state index in [2.05, 4.69) is 67.1 Å². The normalized spacial score (nSPS) is 18.1. The molecule has 0 bridgehead atoms. The van der Waals surface area contributed by atoms with Gasteiger partial charge in [0.15, 0.2) is 0 Å². The predicted octanol–water partition coefficient (Wildman–Crippen LogP) is 5.91. The molecule has 0 saturated heterocycles. The molecule has 1 unspecified atom stereocenters. The van der Waals surface area contributed by atoms with Crippen molar-refractivity contribution in [3.8, 4) is 16.9 Å². The van der Waals surface area contributed by atoms with E-state index in [4.69, 9.17) is 4.74 Å². The SMILES string of the molecule is CC=CC1Oc2cccc(SC)c2-c2ccc3c(c21)C(C)=CCN3. The molecule has 4 rings (SSSR count). The zero-order valence-corrected chi connectivity index (χ0v) is 15.0. The van der Waals surface area contributed by atoms with Gasteiger partial charge in [0, 0.05) is 33.8 Å². The van der Waals surface area contributed by atoms with Crippen LogP contribution in [0.2, 0.25) is 0 Å². The fourth-order valence-corrected chi connectivity index (χ4v) is 4.30. The number of rotatable bonds is 2. The molecule has 2 aromatic carbocycles. The highest BCUT2D eigenvalue weighted by molar-refractivity contribution is 7.98. The molecule has 0 spiro atoms. The number of fused-ring (bicyclic) bond motifs is 5. The van der Waals surface area contributed by atoms with Crippen LogP contribution in [0.25, 0.3) is 16.7 Å². The summed E-state index contributed by atoms with van der Waals surface area (Å²) in [6, 6.07) is 10.8. The largest absolute Gasteiger partial charge is 0.481 e. The van der Waals surface area contributed by atoms with E-state index in [-0.39, 0.29) is 6.10 Å². The summed E-state index contributed by atoms with van der Waals surface area (Å²) in [5.74, 6) is 0.975. The molecule has 0 saturated carbocycles. The topological polar surface area (TPSA) is 21.3 Å². The second kappa shape index (κ2) is 6.06. The van der Waals surface area contributed by atoms with Crippen LogP contribution in [0.15, 0.2) is 53.5 Å². The molecule has 1 atom stereocenters. The standard InChI is InChI=1S/C21H21NOS/c1-4-6-16-21-14(9-10-15-19(21)13(2)11-12-22-15)20-17(23-16)7-5-8-18(20)24-3/h4-11,16,22H,12H2,1-3H3. The number of nitrogens with one attached hydrogen (secondary N) is 1. The summed E-state index contributed by atoms with van der Waals surface area (Å²) >= 11 is 1.77. The van der Waals surface area contributed by atoms with Crippen LogP contribution in [0.4, 0.5) is 5.69 Å². The van der Waals surface area contributed by atoms with Crippen molar-refractivity contribution in [1.29, 1.82) is 0 Å². The molecule has 2 aromatic rings. The maximum atomic E-state index is 6.40. The van der Waals surface area contributed by atoms with Crippen molar-refractivity contribution in [3.05, 3.63) is 59.7 Å². The highest BCUT2D eigenvalue weighted by Crippen LogP contribution is 2.50. The Hall–Kier alpha value is -2.13. The van der Waals surface area contributed by atoms with Gasteiger partial charge in [-0.05, 0) is 55.5 Å². The quantitative estimate of drug-likeness (QED) is 0.544. The molecule has 0 amide bonds. The first-order valence-corrected chi connectivity index (χ1v) is 9.51. The Morgan fingerprint density at radius 1 is 1.21 bits per heavy atom. The minimum atomic E-state index is -0.0483.